The number of likely N-dealkylation sites (tertiary alicyclic amines) is 1. The lowest BCUT2D eigenvalue weighted by Crippen LogP contribution is -2.40. The van der Waals surface area contributed by atoms with Gasteiger partial charge < -0.3 is 9.88 Å². The maximum atomic E-state index is 13.0. The smallest absolute Gasteiger partial charge is 0.279 e. The SMILES string of the molecule is CC[C@H]1[C@H](c2ccc(C)cc2)CCN1C(=O)c1nc(C)c(C)[nH]c1=O. The molecule has 1 aromatic carbocycles. The molecule has 0 aliphatic carbocycles. The molecule has 0 saturated carbocycles. The Kier molecular flexibility index (Phi) is 4.75. The van der Waals surface area contributed by atoms with Crippen LogP contribution < -0.4 is 5.56 Å². The zero-order chi connectivity index (χ0) is 18.1. The normalized spacial score (nSPS) is 20.1. The number of hydrogen-bond donors (Lipinski definition) is 1. The number of amides is 1. The van der Waals surface area contributed by atoms with Gasteiger partial charge in [0.1, 0.15) is 0 Å². The summed E-state index contributed by atoms with van der Waals surface area (Å²) in [6.45, 7) is 8.41. The summed E-state index contributed by atoms with van der Waals surface area (Å²) >= 11 is 0. The van der Waals surface area contributed by atoms with Gasteiger partial charge in [0.25, 0.3) is 11.5 Å². The first-order valence-electron chi connectivity index (χ1n) is 8.87. The molecule has 1 amide bonds. The molecule has 0 radical (unpaired) electrons. The van der Waals surface area contributed by atoms with Gasteiger partial charge in [-0.05, 0) is 39.2 Å². The Morgan fingerprint density at radius 2 is 1.92 bits per heavy atom. The molecule has 0 bridgehead atoms. The van der Waals surface area contributed by atoms with E-state index in [9.17, 15) is 9.59 Å². The summed E-state index contributed by atoms with van der Waals surface area (Å²) in [6.07, 6.45) is 1.77. The summed E-state index contributed by atoms with van der Waals surface area (Å²) < 4.78 is 0. The molecule has 1 fully saturated rings. The fourth-order valence-corrected chi connectivity index (χ4v) is 3.72. The maximum Gasteiger partial charge on any atom is 0.279 e. The van der Waals surface area contributed by atoms with Crippen LogP contribution in [0.25, 0.3) is 0 Å². The van der Waals surface area contributed by atoms with E-state index in [1.54, 1.807) is 13.8 Å². The Hall–Kier alpha value is -2.43. The maximum absolute atomic E-state index is 13.0. The number of nitrogens with zero attached hydrogens (tertiary/aromatic N) is 2. The van der Waals surface area contributed by atoms with Crippen molar-refractivity contribution in [3.8, 4) is 0 Å². The first-order valence-corrected chi connectivity index (χ1v) is 8.87. The number of hydrogen-bond acceptors (Lipinski definition) is 3. The van der Waals surface area contributed by atoms with Gasteiger partial charge in [-0.2, -0.15) is 0 Å². The molecule has 0 unspecified atom stereocenters. The molecule has 25 heavy (non-hydrogen) atoms. The van der Waals surface area contributed by atoms with Gasteiger partial charge in [-0.25, -0.2) is 4.98 Å². The highest BCUT2D eigenvalue weighted by Crippen LogP contribution is 2.35. The van der Waals surface area contributed by atoms with Gasteiger partial charge in [-0.1, -0.05) is 36.8 Å². The monoisotopic (exact) mass is 339 g/mol. The second kappa shape index (κ2) is 6.82. The third-order valence-corrected chi connectivity index (χ3v) is 5.27. The number of aromatic nitrogens is 2. The Balaban J connectivity index is 1.90. The first-order chi connectivity index (χ1) is 11.9. The summed E-state index contributed by atoms with van der Waals surface area (Å²) in [5.41, 5.74) is 3.48. The van der Waals surface area contributed by atoms with E-state index in [-0.39, 0.29) is 17.6 Å². The van der Waals surface area contributed by atoms with E-state index < -0.39 is 5.56 Å². The fourth-order valence-electron chi connectivity index (χ4n) is 3.72. The minimum absolute atomic E-state index is 0.00565. The van der Waals surface area contributed by atoms with Gasteiger partial charge >= 0.3 is 0 Å². The van der Waals surface area contributed by atoms with Crippen LogP contribution in [0.4, 0.5) is 0 Å². The third kappa shape index (κ3) is 3.23. The average Bonchev–Trinajstić information content (AvgIpc) is 3.02. The minimum atomic E-state index is -0.401. The Morgan fingerprint density at radius 1 is 1.24 bits per heavy atom. The van der Waals surface area contributed by atoms with Crippen molar-refractivity contribution < 1.29 is 4.79 Å². The van der Waals surface area contributed by atoms with Crippen LogP contribution in [-0.4, -0.2) is 33.4 Å². The summed E-state index contributed by atoms with van der Waals surface area (Å²) in [6, 6.07) is 8.62. The highest BCUT2D eigenvalue weighted by molar-refractivity contribution is 5.92. The molecular formula is C20H25N3O2. The fraction of sp³-hybridized carbons (Fsp3) is 0.450. The molecule has 5 nitrogen and oxygen atoms in total. The van der Waals surface area contributed by atoms with Gasteiger partial charge in [-0.15, -0.1) is 0 Å². The van der Waals surface area contributed by atoms with E-state index >= 15 is 0 Å². The summed E-state index contributed by atoms with van der Waals surface area (Å²) in [5.74, 6) is 0.0472. The molecule has 2 aromatic rings. The van der Waals surface area contributed by atoms with Crippen LogP contribution in [-0.2, 0) is 0 Å². The van der Waals surface area contributed by atoms with Crippen molar-refractivity contribution in [3.63, 3.8) is 0 Å². The molecule has 132 valence electrons. The second-order valence-corrected chi connectivity index (χ2v) is 6.90. The molecular weight excluding hydrogens is 314 g/mol. The van der Waals surface area contributed by atoms with Gasteiger partial charge in [0.15, 0.2) is 5.69 Å². The van der Waals surface area contributed by atoms with Crippen molar-refractivity contribution in [2.75, 3.05) is 6.54 Å². The summed E-state index contributed by atoms with van der Waals surface area (Å²) in [4.78, 5) is 34.0. The predicted molar refractivity (Wildman–Crippen MR) is 98.0 cm³/mol. The number of rotatable bonds is 3. The van der Waals surface area contributed by atoms with Gasteiger partial charge in [0.2, 0.25) is 0 Å². The van der Waals surface area contributed by atoms with Crippen molar-refractivity contribution in [2.24, 2.45) is 0 Å². The minimum Gasteiger partial charge on any atom is -0.334 e. The van der Waals surface area contributed by atoms with E-state index in [1.807, 2.05) is 4.90 Å². The zero-order valence-electron chi connectivity index (χ0n) is 15.3. The Labute approximate surface area is 148 Å². The number of carbonyl (C=O) groups is 1. The molecule has 1 N–H and O–H groups in total. The van der Waals surface area contributed by atoms with Crippen LogP contribution >= 0.6 is 0 Å². The molecule has 1 aromatic heterocycles. The van der Waals surface area contributed by atoms with Crippen LogP contribution in [0.1, 0.15) is 58.7 Å². The third-order valence-electron chi connectivity index (χ3n) is 5.27. The number of H-pyrrole nitrogens is 1. The lowest BCUT2D eigenvalue weighted by molar-refractivity contribution is 0.0719. The molecule has 2 atom stereocenters. The Bertz CT molecular complexity index is 839. The van der Waals surface area contributed by atoms with E-state index in [1.165, 1.54) is 11.1 Å². The standard InChI is InChI=1S/C20H25N3O2/c1-5-17-16(15-8-6-12(2)7-9-15)10-11-23(17)20(25)18-19(24)22-14(4)13(3)21-18/h6-9,16-17H,5,10-11H2,1-4H3,(H,22,24)/t16-,17-/m0/s1. The lowest BCUT2D eigenvalue weighted by Gasteiger charge is -2.27. The number of nitrogens with one attached hydrogen (secondary N) is 1. The van der Waals surface area contributed by atoms with Crippen molar-refractivity contribution in [1.82, 2.24) is 14.9 Å². The topological polar surface area (TPSA) is 66.1 Å². The predicted octanol–water partition coefficient (Wildman–Crippen LogP) is 3.10. The Morgan fingerprint density at radius 3 is 2.56 bits per heavy atom. The van der Waals surface area contributed by atoms with Crippen LogP contribution in [0.2, 0.25) is 0 Å². The van der Waals surface area contributed by atoms with E-state index in [0.29, 0.717) is 23.9 Å². The van der Waals surface area contributed by atoms with Crippen molar-refractivity contribution in [2.45, 2.75) is 52.5 Å². The van der Waals surface area contributed by atoms with Gasteiger partial charge in [0.05, 0.1) is 5.69 Å². The van der Waals surface area contributed by atoms with E-state index in [2.05, 4.69) is 48.1 Å². The van der Waals surface area contributed by atoms with Crippen molar-refractivity contribution >= 4 is 5.91 Å². The molecule has 5 heteroatoms. The molecule has 3 rings (SSSR count). The lowest BCUT2D eigenvalue weighted by atomic mass is 9.90. The summed E-state index contributed by atoms with van der Waals surface area (Å²) in [5, 5.41) is 0. The average molecular weight is 339 g/mol. The molecule has 2 heterocycles. The number of benzene rings is 1. The van der Waals surface area contributed by atoms with Crippen LogP contribution in [0.15, 0.2) is 29.1 Å². The van der Waals surface area contributed by atoms with Crippen molar-refractivity contribution in [3.05, 3.63) is 62.8 Å². The molecule has 1 aliphatic rings. The zero-order valence-corrected chi connectivity index (χ0v) is 15.3. The van der Waals surface area contributed by atoms with Crippen molar-refractivity contribution in [1.29, 1.82) is 0 Å². The molecule has 0 spiro atoms. The van der Waals surface area contributed by atoms with E-state index in [0.717, 1.165) is 12.8 Å². The number of aromatic amines is 1. The highest BCUT2D eigenvalue weighted by Gasteiger charge is 2.38. The van der Waals surface area contributed by atoms with Crippen LogP contribution in [0.3, 0.4) is 0 Å². The van der Waals surface area contributed by atoms with Gasteiger partial charge in [-0.3, -0.25) is 9.59 Å². The number of aryl methyl sites for hydroxylation is 3. The number of carbonyl (C=O) groups excluding carboxylic acids is 1. The largest absolute Gasteiger partial charge is 0.334 e. The first kappa shape index (κ1) is 17.4. The van der Waals surface area contributed by atoms with Crippen LogP contribution in [0, 0.1) is 20.8 Å². The summed E-state index contributed by atoms with van der Waals surface area (Å²) in [7, 11) is 0. The van der Waals surface area contributed by atoms with Gasteiger partial charge in [0, 0.05) is 24.2 Å². The molecule has 1 aliphatic heterocycles. The quantitative estimate of drug-likeness (QED) is 0.934. The second-order valence-electron chi connectivity index (χ2n) is 6.90. The van der Waals surface area contributed by atoms with E-state index in [4.69, 9.17) is 0 Å². The molecule has 1 saturated heterocycles. The van der Waals surface area contributed by atoms with Crippen LogP contribution in [0.5, 0.6) is 0 Å². The highest BCUT2D eigenvalue weighted by atomic mass is 16.2.